The van der Waals surface area contributed by atoms with E-state index in [-0.39, 0.29) is 12.0 Å². The van der Waals surface area contributed by atoms with Gasteiger partial charge in [-0.25, -0.2) is 0 Å². The van der Waals surface area contributed by atoms with Gasteiger partial charge in [-0.1, -0.05) is 26.0 Å². The van der Waals surface area contributed by atoms with Gasteiger partial charge in [0.1, 0.15) is 0 Å². The van der Waals surface area contributed by atoms with E-state index in [4.69, 9.17) is 9.47 Å². The highest BCUT2D eigenvalue weighted by Gasteiger charge is 2.25. The van der Waals surface area contributed by atoms with Crippen LogP contribution in [0.4, 0.5) is 0 Å². The standard InChI is InChI=1S/C13H20O3/c1-5-16-12-10(13(2,3)9-14)7-6-8-11(12)15-4/h6-8,14H,5,9H2,1-4H3. The van der Waals surface area contributed by atoms with E-state index in [0.717, 1.165) is 11.3 Å². The van der Waals surface area contributed by atoms with Crippen LogP contribution in [-0.2, 0) is 5.41 Å². The lowest BCUT2D eigenvalue weighted by Gasteiger charge is -2.26. The molecule has 0 spiro atoms. The highest BCUT2D eigenvalue weighted by atomic mass is 16.5. The van der Waals surface area contributed by atoms with E-state index in [1.54, 1.807) is 7.11 Å². The zero-order valence-corrected chi connectivity index (χ0v) is 10.4. The van der Waals surface area contributed by atoms with Crippen molar-refractivity contribution in [1.82, 2.24) is 0 Å². The summed E-state index contributed by atoms with van der Waals surface area (Å²) >= 11 is 0. The van der Waals surface area contributed by atoms with Crippen molar-refractivity contribution in [1.29, 1.82) is 0 Å². The summed E-state index contributed by atoms with van der Waals surface area (Å²) in [6.07, 6.45) is 0. The lowest BCUT2D eigenvalue weighted by Crippen LogP contribution is -2.23. The van der Waals surface area contributed by atoms with Gasteiger partial charge in [-0.15, -0.1) is 0 Å². The van der Waals surface area contributed by atoms with Crippen molar-refractivity contribution >= 4 is 0 Å². The van der Waals surface area contributed by atoms with Crippen LogP contribution in [0.5, 0.6) is 11.5 Å². The molecule has 1 aromatic rings. The van der Waals surface area contributed by atoms with Gasteiger partial charge in [0, 0.05) is 11.0 Å². The topological polar surface area (TPSA) is 38.7 Å². The molecule has 0 aliphatic rings. The summed E-state index contributed by atoms with van der Waals surface area (Å²) in [6, 6.07) is 5.74. The molecular weight excluding hydrogens is 204 g/mol. The Labute approximate surface area is 97.0 Å². The molecule has 1 N–H and O–H groups in total. The number of benzene rings is 1. The number of aliphatic hydroxyl groups is 1. The Bertz CT molecular complexity index is 345. The molecule has 3 nitrogen and oxygen atoms in total. The van der Waals surface area contributed by atoms with Crippen LogP contribution in [0.15, 0.2) is 18.2 Å². The summed E-state index contributed by atoms with van der Waals surface area (Å²) in [6.45, 7) is 6.53. The van der Waals surface area contributed by atoms with Gasteiger partial charge in [0.15, 0.2) is 11.5 Å². The first-order valence-corrected chi connectivity index (χ1v) is 5.48. The van der Waals surface area contributed by atoms with E-state index in [1.807, 2.05) is 39.0 Å². The second-order valence-corrected chi connectivity index (χ2v) is 4.31. The lowest BCUT2D eigenvalue weighted by molar-refractivity contribution is 0.211. The molecule has 90 valence electrons. The minimum Gasteiger partial charge on any atom is -0.493 e. The van der Waals surface area contributed by atoms with Crippen molar-refractivity contribution in [3.8, 4) is 11.5 Å². The fourth-order valence-corrected chi connectivity index (χ4v) is 1.59. The Balaban J connectivity index is 3.26. The molecule has 0 aromatic heterocycles. The third-order valence-corrected chi connectivity index (χ3v) is 2.61. The van der Waals surface area contributed by atoms with Crippen molar-refractivity contribution in [2.24, 2.45) is 0 Å². The van der Waals surface area contributed by atoms with Crippen LogP contribution in [0, 0.1) is 0 Å². The van der Waals surface area contributed by atoms with E-state index < -0.39 is 0 Å². The second kappa shape index (κ2) is 5.21. The minimum atomic E-state index is -0.334. The molecule has 3 heteroatoms. The van der Waals surface area contributed by atoms with Crippen LogP contribution in [0.3, 0.4) is 0 Å². The van der Waals surface area contributed by atoms with Crippen molar-refractivity contribution in [2.45, 2.75) is 26.2 Å². The fraction of sp³-hybridized carbons (Fsp3) is 0.538. The normalized spacial score (nSPS) is 11.3. The molecule has 16 heavy (non-hydrogen) atoms. The molecule has 0 amide bonds. The smallest absolute Gasteiger partial charge is 0.164 e. The quantitative estimate of drug-likeness (QED) is 0.834. The highest BCUT2D eigenvalue weighted by Crippen LogP contribution is 2.38. The number of hydrogen-bond acceptors (Lipinski definition) is 3. The molecule has 0 bridgehead atoms. The molecule has 0 aliphatic carbocycles. The molecule has 0 heterocycles. The first kappa shape index (κ1) is 12.8. The van der Waals surface area contributed by atoms with E-state index in [1.165, 1.54) is 0 Å². The van der Waals surface area contributed by atoms with Crippen molar-refractivity contribution in [3.05, 3.63) is 23.8 Å². The summed E-state index contributed by atoms with van der Waals surface area (Å²) in [4.78, 5) is 0. The van der Waals surface area contributed by atoms with E-state index >= 15 is 0 Å². The Hall–Kier alpha value is -1.22. The first-order valence-electron chi connectivity index (χ1n) is 5.48. The maximum absolute atomic E-state index is 9.41. The van der Waals surface area contributed by atoms with Gasteiger partial charge in [-0.3, -0.25) is 0 Å². The van der Waals surface area contributed by atoms with Gasteiger partial charge >= 0.3 is 0 Å². The summed E-state index contributed by atoms with van der Waals surface area (Å²) < 4.78 is 10.9. The van der Waals surface area contributed by atoms with Crippen LogP contribution >= 0.6 is 0 Å². The maximum atomic E-state index is 9.41. The van der Waals surface area contributed by atoms with E-state index in [0.29, 0.717) is 12.4 Å². The fourth-order valence-electron chi connectivity index (χ4n) is 1.59. The monoisotopic (exact) mass is 224 g/mol. The lowest BCUT2D eigenvalue weighted by atomic mass is 9.85. The van der Waals surface area contributed by atoms with Gasteiger partial charge in [-0.2, -0.15) is 0 Å². The number of para-hydroxylation sites is 1. The number of rotatable bonds is 5. The number of ether oxygens (including phenoxy) is 2. The van der Waals surface area contributed by atoms with Crippen molar-refractivity contribution < 1.29 is 14.6 Å². The maximum Gasteiger partial charge on any atom is 0.164 e. The van der Waals surface area contributed by atoms with Crippen LogP contribution in [0.2, 0.25) is 0 Å². The van der Waals surface area contributed by atoms with E-state index in [2.05, 4.69) is 0 Å². The van der Waals surface area contributed by atoms with E-state index in [9.17, 15) is 5.11 Å². The van der Waals surface area contributed by atoms with Gasteiger partial charge in [0.05, 0.1) is 20.3 Å². The minimum absolute atomic E-state index is 0.0697. The zero-order valence-electron chi connectivity index (χ0n) is 10.4. The molecule has 0 unspecified atom stereocenters. The van der Waals surface area contributed by atoms with Crippen LogP contribution in [-0.4, -0.2) is 25.4 Å². The van der Waals surface area contributed by atoms with Gasteiger partial charge in [0.2, 0.25) is 0 Å². The predicted octanol–water partition coefficient (Wildman–Crippen LogP) is 2.36. The summed E-state index contributed by atoms with van der Waals surface area (Å²) in [5.74, 6) is 1.44. The molecule has 1 aromatic carbocycles. The SMILES string of the molecule is CCOc1c(OC)cccc1C(C)(C)CO. The number of methoxy groups -OCH3 is 1. The Morgan fingerprint density at radius 2 is 2.00 bits per heavy atom. The first-order chi connectivity index (χ1) is 7.56. The Morgan fingerprint density at radius 1 is 1.31 bits per heavy atom. The highest BCUT2D eigenvalue weighted by molar-refractivity contribution is 5.49. The van der Waals surface area contributed by atoms with Gasteiger partial charge < -0.3 is 14.6 Å². The average Bonchev–Trinajstić information content (AvgIpc) is 2.29. The molecular formula is C13H20O3. The number of aliphatic hydroxyl groups excluding tert-OH is 1. The predicted molar refractivity (Wildman–Crippen MR) is 64.3 cm³/mol. The van der Waals surface area contributed by atoms with Crippen LogP contribution in [0.25, 0.3) is 0 Å². The van der Waals surface area contributed by atoms with Crippen LogP contribution < -0.4 is 9.47 Å². The van der Waals surface area contributed by atoms with Gasteiger partial charge in [-0.05, 0) is 13.0 Å². The third kappa shape index (κ3) is 2.47. The van der Waals surface area contributed by atoms with Crippen molar-refractivity contribution in [3.63, 3.8) is 0 Å². The molecule has 0 saturated heterocycles. The van der Waals surface area contributed by atoms with Crippen LogP contribution in [0.1, 0.15) is 26.3 Å². The summed E-state index contributed by atoms with van der Waals surface area (Å²) in [5.41, 5.74) is 0.634. The molecule has 0 fully saturated rings. The summed E-state index contributed by atoms with van der Waals surface area (Å²) in [5, 5.41) is 9.41. The third-order valence-electron chi connectivity index (χ3n) is 2.61. The summed E-state index contributed by atoms with van der Waals surface area (Å²) in [7, 11) is 1.62. The van der Waals surface area contributed by atoms with Gasteiger partial charge in [0.25, 0.3) is 0 Å². The second-order valence-electron chi connectivity index (χ2n) is 4.31. The molecule has 1 rings (SSSR count). The Kier molecular flexibility index (Phi) is 4.19. The molecule has 0 atom stereocenters. The Morgan fingerprint density at radius 3 is 2.50 bits per heavy atom. The molecule has 0 aliphatic heterocycles. The molecule has 0 saturated carbocycles. The van der Waals surface area contributed by atoms with Crippen molar-refractivity contribution in [2.75, 3.05) is 20.3 Å². The number of hydrogen-bond donors (Lipinski definition) is 1. The average molecular weight is 224 g/mol. The molecule has 0 radical (unpaired) electrons. The largest absolute Gasteiger partial charge is 0.493 e. The zero-order chi connectivity index (χ0) is 12.2.